The van der Waals surface area contributed by atoms with E-state index < -0.39 is 0 Å². The number of carbonyl (C=O) groups is 1. The van der Waals surface area contributed by atoms with Crippen molar-refractivity contribution in [2.45, 2.75) is 52.9 Å². The maximum Gasteiger partial charge on any atom is 0.255 e. The molecule has 0 aliphatic heterocycles. The van der Waals surface area contributed by atoms with Gasteiger partial charge in [0.2, 0.25) is 0 Å². The number of methoxy groups -OCH3 is 1. The van der Waals surface area contributed by atoms with Crippen LogP contribution in [0.5, 0.6) is 5.75 Å². The third-order valence-electron chi connectivity index (χ3n) is 4.15. The number of rotatable bonds is 10. The molecule has 0 atom stereocenters. The minimum absolute atomic E-state index is 0.139. The molecule has 1 N–H and O–H groups in total. The average molecular weight is 357 g/mol. The summed E-state index contributed by atoms with van der Waals surface area (Å²) in [6.07, 6.45) is 13.2. The highest BCUT2D eigenvalue weighted by Gasteiger charge is 2.15. The summed E-state index contributed by atoms with van der Waals surface area (Å²) >= 11 is 0. The van der Waals surface area contributed by atoms with E-state index in [0.29, 0.717) is 11.3 Å². The molecule has 0 radical (unpaired) electrons. The van der Waals surface area contributed by atoms with E-state index >= 15 is 0 Å². The van der Waals surface area contributed by atoms with E-state index in [0.717, 1.165) is 48.9 Å². The summed E-state index contributed by atoms with van der Waals surface area (Å²) in [5, 5.41) is 2.84. The first-order chi connectivity index (χ1) is 12.6. The first kappa shape index (κ1) is 21.7. The first-order valence-corrected chi connectivity index (χ1v) is 9.37. The van der Waals surface area contributed by atoms with Crippen LogP contribution in [0.3, 0.4) is 0 Å². The molecule has 0 heterocycles. The van der Waals surface area contributed by atoms with Gasteiger partial charge in [0.1, 0.15) is 5.75 Å². The van der Waals surface area contributed by atoms with Crippen molar-refractivity contribution < 1.29 is 9.53 Å². The molecule has 1 aromatic carbocycles. The normalized spacial score (nSPS) is 12.1. The number of hydrogen-bond donors (Lipinski definition) is 1. The van der Waals surface area contributed by atoms with Crippen molar-refractivity contribution in [1.29, 1.82) is 0 Å². The van der Waals surface area contributed by atoms with Crippen LogP contribution in [0.25, 0.3) is 0 Å². The maximum absolute atomic E-state index is 12.6. The van der Waals surface area contributed by atoms with Gasteiger partial charge in [0.15, 0.2) is 0 Å². The molecule has 4 heteroatoms. The number of nitrogens with one attached hydrogen (secondary N) is 1. The van der Waals surface area contributed by atoms with Gasteiger partial charge in [0, 0.05) is 29.9 Å². The molecule has 0 saturated heterocycles. The molecule has 0 aromatic heterocycles. The van der Waals surface area contributed by atoms with Crippen LogP contribution in [-0.4, -0.2) is 25.8 Å². The number of aliphatic imine (C=N–C) groups is 1. The van der Waals surface area contributed by atoms with Crippen LogP contribution in [-0.2, 0) is 0 Å². The van der Waals surface area contributed by atoms with E-state index in [1.165, 1.54) is 0 Å². The third kappa shape index (κ3) is 6.51. The van der Waals surface area contributed by atoms with E-state index in [-0.39, 0.29) is 5.91 Å². The van der Waals surface area contributed by atoms with Crippen molar-refractivity contribution >= 4 is 11.6 Å². The molecule has 0 spiro atoms. The molecule has 0 fully saturated rings. The molecule has 142 valence electrons. The Morgan fingerprint density at radius 3 is 2.58 bits per heavy atom. The summed E-state index contributed by atoms with van der Waals surface area (Å²) in [5.74, 6) is 0.550. The Kier molecular flexibility index (Phi) is 10.1. The highest BCUT2D eigenvalue weighted by molar-refractivity contribution is 6.10. The third-order valence-corrected chi connectivity index (χ3v) is 4.15. The van der Waals surface area contributed by atoms with E-state index in [9.17, 15) is 4.79 Å². The Bertz CT molecular complexity index is 673. The number of nitrogens with zero attached hydrogens (tertiary/aromatic N) is 1. The molecular formula is C22H32N2O2. The van der Waals surface area contributed by atoms with Crippen molar-refractivity contribution in [3.05, 3.63) is 53.3 Å². The topological polar surface area (TPSA) is 50.7 Å². The van der Waals surface area contributed by atoms with E-state index in [2.05, 4.69) is 30.2 Å². The smallest absolute Gasteiger partial charge is 0.255 e. The zero-order valence-corrected chi connectivity index (χ0v) is 16.8. The number of amides is 1. The number of ether oxygens (including phenoxy) is 1. The summed E-state index contributed by atoms with van der Waals surface area (Å²) in [6.45, 7) is 6.17. The van der Waals surface area contributed by atoms with Gasteiger partial charge in [-0.3, -0.25) is 9.79 Å². The van der Waals surface area contributed by atoms with Crippen LogP contribution in [0.15, 0.2) is 41.6 Å². The molecular weight excluding hydrogens is 324 g/mol. The predicted octanol–water partition coefficient (Wildman–Crippen LogP) is 5.21. The largest absolute Gasteiger partial charge is 0.496 e. The van der Waals surface area contributed by atoms with E-state index in [1.54, 1.807) is 20.4 Å². The Hall–Kier alpha value is -2.36. The standard InChI is InChI=1S/C22H32N2O2/c1-6-8-10-11-13-20(23-4)18-15-19(17(3)21(16-18)26-5)22(25)24-14-12-9-7-2/h11-16H,6-10H2,1-5H3,(H,24,25)/b13-11-,14-12+,23-20+. The lowest BCUT2D eigenvalue weighted by atomic mass is 9.99. The van der Waals surface area contributed by atoms with Gasteiger partial charge in [0.25, 0.3) is 5.91 Å². The minimum Gasteiger partial charge on any atom is -0.496 e. The summed E-state index contributed by atoms with van der Waals surface area (Å²) in [7, 11) is 3.38. The van der Waals surface area contributed by atoms with Gasteiger partial charge in [-0.2, -0.15) is 0 Å². The molecule has 0 aliphatic rings. The van der Waals surface area contributed by atoms with Gasteiger partial charge in [-0.25, -0.2) is 0 Å². The second-order valence-corrected chi connectivity index (χ2v) is 6.17. The molecule has 0 saturated carbocycles. The Balaban J connectivity index is 3.14. The molecule has 1 aromatic rings. The fourth-order valence-electron chi connectivity index (χ4n) is 2.56. The molecule has 0 aliphatic carbocycles. The first-order valence-electron chi connectivity index (χ1n) is 9.37. The lowest BCUT2D eigenvalue weighted by molar-refractivity contribution is 0.0969. The monoisotopic (exact) mass is 356 g/mol. The molecule has 0 bridgehead atoms. The van der Waals surface area contributed by atoms with Gasteiger partial charge < -0.3 is 10.1 Å². The number of carbonyl (C=O) groups excluding carboxylic acids is 1. The second-order valence-electron chi connectivity index (χ2n) is 6.17. The Morgan fingerprint density at radius 1 is 1.19 bits per heavy atom. The fraction of sp³-hybridized carbons (Fsp3) is 0.455. The molecule has 1 rings (SSSR count). The van der Waals surface area contributed by atoms with Crippen molar-refractivity contribution in [1.82, 2.24) is 5.32 Å². The molecule has 1 amide bonds. The number of benzene rings is 1. The number of allylic oxidation sites excluding steroid dienone is 3. The van der Waals surface area contributed by atoms with Gasteiger partial charge in [-0.1, -0.05) is 45.3 Å². The van der Waals surface area contributed by atoms with Gasteiger partial charge >= 0.3 is 0 Å². The summed E-state index contributed by atoms with van der Waals surface area (Å²) < 4.78 is 5.48. The van der Waals surface area contributed by atoms with E-state index in [1.807, 2.05) is 31.2 Å². The Morgan fingerprint density at radius 2 is 1.96 bits per heavy atom. The van der Waals surface area contributed by atoms with E-state index in [4.69, 9.17) is 4.74 Å². The molecule has 26 heavy (non-hydrogen) atoms. The van der Waals surface area contributed by atoms with Crippen LogP contribution >= 0.6 is 0 Å². The van der Waals surface area contributed by atoms with Crippen LogP contribution in [0.2, 0.25) is 0 Å². The zero-order valence-electron chi connectivity index (χ0n) is 16.8. The highest BCUT2D eigenvalue weighted by atomic mass is 16.5. The summed E-state index contributed by atoms with van der Waals surface area (Å²) in [5.41, 5.74) is 3.15. The zero-order chi connectivity index (χ0) is 19.4. The summed E-state index contributed by atoms with van der Waals surface area (Å²) in [4.78, 5) is 17.0. The predicted molar refractivity (Wildman–Crippen MR) is 110 cm³/mol. The van der Waals surface area contributed by atoms with Crippen molar-refractivity contribution in [2.75, 3.05) is 14.2 Å². The fourth-order valence-corrected chi connectivity index (χ4v) is 2.56. The number of unbranched alkanes of at least 4 members (excludes halogenated alkanes) is 3. The Labute approximate surface area is 158 Å². The highest BCUT2D eigenvalue weighted by Crippen LogP contribution is 2.25. The van der Waals surface area contributed by atoms with Crippen molar-refractivity contribution in [2.24, 2.45) is 4.99 Å². The van der Waals surface area contributed by atoms with Crippen LogP contribution in [0.4, 0.5) is 0 Å². The van der Waals surface area contributed by atoms with Gasteiger partial charge in [-0.05, 0) is 38.0 Å². The summed E-state index contributed by atoms with van der Waals surface area (Å²) in [6, 6.07) is 3.82. The minimum atomic E-state index is -0.139. The van der Waals surface area contributed by atoms with Crippen LogP contribution in [0, 0.1) is 6.92 Å². The van der Waals surface area contributed by atoms with Crippen LogP contribution < -0.4 is 10.1 Å². The second kappa shape index (κ2) is 12.1. The quantitative estimate of drug-likeness (QED) is 0.462. The molecule has 4 nitrogen and oxygen atoms in total. The lowest BCUT2D eigenvalue weighted by Gasteiger charge is -2.13. The number of hydrogen-bond acceptors (Lipinski definition) is 3. The average Bonchev–Trinajstić information content (AvgIpc) is 2.65. The maximum atomic E-state index is 12.6. The lowest BCUT2D eigenvalue weighted by Crippen LogP contribution is -2.19. The van der Waals surface area contributed by atoms with Crippen LogP contribution in [0.1, 0.15) is 67.4 Å². The van der Waals surface area contributed by atoms with Gasteiger partial charge in [-0.15, -0.1) is 0 Å². The van der Waals surface area contributed by atoms with Crippen molar-refractivity contribution in [3.8, 4) is 5.75 Å². The van der Waals surface area contributed by atoms with Gasteiger partial charge in [0.05, 0.1) is 12.8 Å². The molecule has 0 unspecified atom stereocenters. The van der Waals surface area contributed by atoms with Crippen molar-refractivity contribution in [3.63, 3.8) is 0 Å². The SMILES string of the molecule is CCC/C=C/NC(=O)c1cc(C(/C=C\CCCC)=N/C)cc(OC)c1C.